The van der Waals surface area contributed by atoms with Gasteiger partial charge >= 0.3 is 11.9 Å². The van der Waals surface area contributed by atoms with Gasteiger partial charge in [0.25, 0.3) is 0 Å². The summed E-state index contributed by atoms with van der Waals surface area (Å²) in [7, 11) is 1.46. The maximum atomic E-state index is 12.0. The van der Waals surface area contributed by atoms with E-state index in [0.717, 1.165) is 0 Å². The molecule has 0 fully saturated rings. The molecule has 1 N–H and O–H groups in total. The van der Waals surface area contributed by atoms with E-state index in [1.54, 1.807) is 32.0 Å². The van der Waals surface area contributed by atoms with Crippen molar-refractivity contribution in [3.63, 3.8) is 0 Å². The van der Waals surface area contributed by atoms with Crippen molar-refractivity contribution in [3.8, 4) is 22.8 Å². The van der Waals surface area contributed by atoms with Gasteiger partial charge in [-0.2, -0.15) is 10.3 Å². The van der Waals surface area contributed by atoms with Crippen molar-refractivity contribution in [1.29, 1.82) is 0 Å². The lowest BCUT2D eigenvalue weighted by atomic mass is 10.1. The first-order valence-electron chi connectivity index (χ1n) is 7.66. The third-order valence-electron chi connectivity index (χ3n) is 3.11. The molecule has 0 amide bonds. The summed E-state index contributed by atoms with van der Waals surface area (Å²) in [5.41, 5.74) is 0.674. The number of para-hydroxylation sites is 1. The minimum atomic E-state index is -0.620. The number of H-pyrrole nitrogens is 1. The molecule has 0 saturated heterocycles. The fourth-order valence-electron chi connectivity index (χ4n) is 2.11. The Morgan fingerprint density at radius 3 is 2.56 bits per heavy atom. The molecule has 134 valence electrons. The second-order valence-electron chi connectivity index (χ2n) is 4.67. The van der Waals surface area contributed by atoms with Crippen LogP contribution in [0.2, 0.25) is 0 Å². The number of hydrogen-bond donors (Lipinski definition) is 1. The molecule has 0 unspecified atom stereocenters. The van der Waals surface area contributed by atoms with Crippen LogP contribution >= 0.6 is 0 Å². The zero-order valence-electron chi connectivity index (χ0n) is 14.2. The molecule has 0 radical (unpaired) electrons. The van der Waals surface area contributed by atoms with E-state index in [1.807, 2.05) is 0 Å². The second kappa shape index (κ2) is 8.67. The number of nitrogens with one attached hydrogen (secondary N) is 1. The van der Waals surface area contributed by atoms with Crippen LogP contribution in [0.15, 0.2) is 18.2 Å². The number of hydrogen-bond acceptors (Lipinski definition) is 8. The summed E-state index contributed by atoms with van der Waals surface area (Å²) in [4.78, 5) is 23.6. The van der Waals surface area contributed by atoms with E-state index in [9.17, 15) is 9.59 Å². The first-order chi connectivity index (χ1) is 12.1. The fourth-order valence-corrected chi connectivity index (χ4v) is 2.11. The largest absolute Gasteiger partial charge is 0.493 e. The molecule has 1 aromatic heterocycles. The summed E-state index contributed by atoms with van der Waals surface area (Å²) >= 11 is 0. The number of aromatic amines is 1. The highest BCUT2D eigenvalue weighted by Crippen LogP contribution is 2.38. The molecule has 2 rings (SSSR count). The van der Waals surface area contributed by atoms with E-state index >= 15 is 0 Å². The Hall–Kier alpha value is -3.10. The maximum Gasteiger partial charge on any atom is 0.361 e. The molecule has 0 aliphatic heterocycles. The van der Waals surface area contributed by atoms with Gasteiger partial charge in [-0.25, -0.2) is 9.59 Å². The van der Waals surface area contributed by atoms with Gasteiger partial charge in [-0.1, -0.05) is 6.07 Å². The predicted octanol–water partition coefficient (Wildman–Crippen LogP) is 1.60. The Balaban J connectivity index is 2.40. The van der Waals surface area contributed by atoms with Crippen LogP contribution in [0, 0.1) is 0 Å². The molecule has 9 heteroatoms. The Kier molecular flexibility index (Phi) is 6.33. The monoisotopic (exact) mass is 349 g/mol. The summed E-state index contributed by atoms with van der Waals surface area (Å²) in [5, 5.41) is 10.2. The van der Waals surface area contributed by atoms with Gasteiger partial charge in [0.05, 0.1) is 25.9 Å². The van der Waals surface area contributed by atoms with E-state index < -0.39 is 11.9 Å². The number of carbonyl (C=O) groups excluding carboxylic acids is 2. The predicted molar refractivity (Wildman–Crippen MR) is 86.5 cm³/mol. The van der Waals surface area contributed by atoms with Crippen molar-refractivity contribution < 1.29 is 28.5 Å². The lowest BCUT2D eigenvalue weighted by Gasteiger charge is -2.14. The third-order valence-corrected chi connectivity index (χ3v) is 3.11. The highest BCUT2D eigenvalue weighted by molar-refractivity contribution is 5.95. The van der Waals surface area contributed by atoms with E-state index in [2.05, 4.69) is 15.4 Å². The van der Waals surface area contributed by atoms with Gasteiger partial charge in [-0.05, 0) is 26.0 Å². The number of esters is 2. The molecule has 0 aliphatic carbocycles. The molecule has 0 saturated carbocycles. The number of rotatable bonds is 8. The van der Waals surface area contributed by atoms with Crippen molar-refractivity contribution in [2.45, 2.75) is 13.8 Å². The lowest BCUT2D eigenvalue weighted by Crippen LogP contribution is -2.15. The smallest absolute Gasteiger partial charge is 0.361 e. The van der Waals surface area contributed by atoms with Crippen LogP contribution in [0.25, 0.3) is 11.3 Å². The molecular formula is C16H19N3O6. The normalized spacial score (nSPS) is 10.2. The van der Waals surface area contributed by atoms with Gasteiger partial charge in [0.1, 0.15) is 5.69 Å². The van der Waals surface area contributed by atoms with E-state index in [0.29, 0.717) is 11.3 Å². The number of aromatic nitrogens is 3. The molecular weight excluding hydrogens is 330 g/mol. The Bertz CT molecular complexity index is 743. The minimum absolute atomic E-state index is 0.0103. The SMILES string of the molecule is CCOC(=O)COc1c(OC)cccc1-c1n[nH]nc1C(=O)OCC. The number of carbonyl (C=O) groups is 2. The Morgan fingerprint density at radius 1 is 1.12 bits per heavy atom. The maximum absolute atomic E-state index is 12.0. The van der Waals surface area contributed by atoms with Gasteiger partial charge in [0.15, 0.2) is 23.8 Å². The van der Waals surface area contributed by atoms with Crippen LogP contribution in [0.4, 0.5) is 0 Å². The summed E-state index contributed by atoms with van der Waals surface area (Å²) in [6, 6.07) is 5.03. The van der Waals surface area contributed by atoms with Gasteiger partial charge < -0.3 is 18.9 Å². The highest BCUT2D eigenvalue weighted by atomic mass is 16.6. The van der Waals surface area contributed by atoms with Gasteiger partial charge in [-0.3, -0.25) is 0 Å². The molecule has 0 spiro atoms. The minimum Gasteiger partial charge on any atom is -0.493 e. The number of nitrogens with zero attached hydrogens (tertiary/aromatic N) is 2. The lowest BCUT2D eigenvalue weighted by molar-refractivity contribution is -0.145. The molecule has 2 aromatic rings. The highest BCUT2D eigenvalue weighted by Gasteiger charge is 2.24. The van der Waals surface area contributed by atoms with E-state index in [4.69, 9.17) is 18.9 Å². The average molecular weight is 349 g/mol. The molecule has 1 heterocycles. The van der Waals surface area contributed by atoms with Crippen LogP contribution in [-0.4, -0.2) is 54.3 Å². The first-order valence-corrected chi connectivity index (χ1v) is 7.66. The Labute approximate surface area is 144 Å². The zero-order valence-corrected chi connectivity index (χ0v) is 14.2. The fraction of sp³-hybridized carbons (Fsp3) is 0.375. The molecule has 25 heavy (non-hydrogen) atoms. The van der Waals surface area contributed by atoms with Crippen LogP contribution in [0.3, 0.4) is 0 Å². The number of methoxy groups -OCH3 is 1. The van der Waals surface area contributed by atoms with Gasteiger partial charge in [-0.15, -0.1) is 5.10 Å². The van der Waals surface area contributed by atoms with Crippen molar-refractivity contribution in [1.82, 2.24) is 15.4 Å². The summed E-state index contributed by atoms with van der Waals surface area (Å²) < 4.78 is 20.6. The quantitative estimate of drug-likeness (QED) is 0.715. The van der Waals surface area contributed by atoms with Crippen LogP contribution in [0.5, 0.6) is 11.5 Å². The number of ether oxygens (including phenoxy) is 4. The van der Waals surface area contributed by atoms with Crippen molar-refractivity contribution in [2.24, 2.45) is 0 Å². The first kappa shape index (κ1) is 18.2. The molecule has 1 aromatic carbocycles. The Morgan fingerprint density at radius 2 is 1.88 bits per heavy atom. The van der Waals surface area contributed by atoms with Crippen molar-refractivity contribution in [3.05, 3.63) is 23.9 Å². The zero-order chi connectivity index (χ0) is 18.2. The summed E-state index contributed by atoms with van der Waals surface area (Å²) in [6.07, 6.45) is 0. The molecule has 0 bridgehead atoms. The van der Waals surface area contributed by atoms with Gasteiger partial charge in [0.2, 0.25) is 0 Å². The average Bonchev–Trinajstić information content (AvgIpc) is 3.09. The summed E-state index contributed by atoms with van der Waals surface area (Å²) in [6.45, 7) is 3.53. The van der Waals surface area contributed by atoms with E-state index in [1.165, 1.54) is 7.11 Å². The standard InChI is InChI=1S/C16H19N3O6/c1-4-23-12(20)9-25-15-10(7-6-8-11(15)22-3)13-14(18-19-17-13)16(21)24-5-2/h6-8H,4-5,9H2,1-3H3,(H,17,18,19). The van der Waals surface area contributed by atoms with Crippen molar-refractivity contribution >= 4 is 11.9 Å². The second-order valence-corrected chi connectivity index (χ2v) is 4.67. The van der Waals surface area contributed by atoms with Crippen LogP contribution in [-0.2, 0) is 14.3 Å². The van der Waals surface area contributed by atoms with Gasteiger partial charge in [0, 0.05) is 0 Å². The topological polar surface area (TPSA) is 113 Å². The third kappa shape index (κ3) is 4.25. The van der Waals surface area contributed by atoms with Crippen molar-refractivity contribution in [2.75, 3.05) is 26.9 Å². The molecule has 0 aliphatic rings. The molecule has 0 atom stereocenters. The molecule has 9 nitrogen and oxygen atoms in total. The van der Waals surface area contributed by atoms with Crippen LogP contribution in [0.1, 0.15) is 24.3 Å². The van der Waals surface area contributed by atoms with E-state index in [-0.39, 0.29) is 37.0 Å². The van der Waals surface area contributed by atoms with Crippen LogP contribution < -0.4 is 9.47 Å². The number of benzene rings is 1. The summed E-state index contributed by atoms with van der Waals surface area (Å²) in [5.74, 6) is -0.521.